The summed E-state index contributed by atoms with van der Waals surface area (Å²) in [7, 11) is 1.57. The molecule has 0 amide bonds. The van der Waals surface area contributed by atoms with Crippen molar-refractivity contribution in [1.29, 1.82) is 0 Å². The first-order valence-corrected chi connectivity index (χ1v) is 8.99. The smallest absolute Gasteiger partial charge is 0.351 e. The number of ketones is 1. The molecule has 0 saturated carbocycles. The van der Waals surface area contributed by atoms with Crippen molar-refractivity contribution in [2.45, 2.75) is 26.7 Å². The molecule has 0 aliphatic rings. The molecule has 0 atom stereocenters. The van der Waals surface area contributed by atoms with Crippen molar-refractivity contribution in [3.05, 3.63) is 75.1 Å². The second kappa shape index (κ2) is 7.72. The summed E-state index contributed by atoms with van der Waals surface area (Å²) in [5, 5.41) is 11.1. The highest BCUT2D eigenvalue weighted by Gasteiger charge is 2.22. The molecule has 2 aromatic carbocycles. The van der Waals surface area contributed by atoms with Gasteiger partial charge in [-0.1, -0.05) is 44.2 Å². The second-order valence-electron chi connectivity index (χ2n) is 6.91. The number of carbonyl (C=O) groups excluding carboxylic acids is 1. The van der Waals surface area contributed by atoms with Gasteiger partial charge >= 0.3 is 5.63 Å². The number of ether oxygens (including phenoxy) is 1. The van der Waals surface area contributed by atoms with E-state index in [9.17, 15) is 14.7 Å². The lowest BCUT2D eigenvalue weighted by atomic mass is 9.96. The summed E-state index contributed by atoms with van der Waals surface area (Å²) < 4.78 is 10.6. The molecule has 0 aliphatic heterocycles. The standard InChI is InChI=1S/C23H22O5/c1-13(2)17-11-5-14(3)19-21(25)20(23(26)28-22(17)19)18(24)12-8-15-6-9-16(27-4)10-7-15/h5-13,25H,1-4H3/b12-8+. The van der Waals surface area contributed by atoms with Crippen LogP contribution in [0.5, 0.6) is 11.5 Å². The van der Waals surface area contributed by atoms with Crippen LogP contribution in [0.4, 0.5) is 0 Å². The zero-order valence-electron chi connectivity index (χ0n) is 16.3. The normalized spacial score (nSPS) is 11.5. The summed E-state index contributed by atoms with van der Waals surface area (Å²) in [4.78, 5) is 25.1. The Morgan fingerprint density at radius 3 is 2.43 bits per heavy atom. The first-order valence-electron chi connectivity index (χ1n) is 8.99. The maximum absolute atomic E-state index is 12.6. The van der Waals surface area contributed by atoms with Gasteiger partial charge in [0.05, 0.1) is 12.5 Å². The molecule has 0 unspecified atom stereocenters. The molecule has 28 heavy (non-hydrogen) atoms. The topological polar surface area (TPSA) is 76.7 Å². The molecule has 3 aromatic rings. The van der Waals surface area contributed by atoms with Crippen molar-refractivity contribution in [3.63, 3.8) is 0 Å². The zero-order valence-corrected chi connectivity index (χ0v) is 16.3. The van der Waals surface area contributed by atoms with Gasteiger partial charge in [0.1, 0.15) is 22.6 Å². The number of hydrogen-bond acceptors (Lipinski definition) is 5. The molecule has 144 valence electrons. The van der Waals surface area contributed by atoms with E-state index in [-0.39, 0.29) is 17.2 Å². The molecular weight excluding hydrogens is 356 g/mol. The average Bonchev–Trinajstić information content (AvgIpc) is 2.66. The number of rotatable bonds is 5. The monoisotopic (exact) mass is 378 g/mol. The lowest BCUT2D eigenvalue weighted by Crippen LogP contribution is -2.13. The Morgan fingerprint density at radius 1 is 1.14 bits per heavy atom. The quantitative estimate of drug-likeness (QED) is 0.391. The van der Waals surface area contributed by atoms with E-state index in [2.05, 4.69) is 0 Å². The molecule has 0 spiro atoms. The van der Waals surface area contributed by atoms with Gasteiger partial charge < -0.3 is 14.3 Å². The minimum absolute atomic E-state index is 0.0992. The van der Waals surface area contributed by atoms with Crippen LogP contribution in [0.1, 0.15) is 46.8 Å². The highest BCUT2D eigenvalue weighted by molar-refractivity contribution is 6.11. The zero-order chi connectivity index (χ0) is 20.4. The van der Waals surface area contributed by atoms with Crippen molar-refractivity contribution >= 4 is 22.8 Å². The molecule has 0 saturated heterocycles. The van der Waals surface area contributed by atoms with Crippen molar-refractivity contribution < 1.29 is 19.1 Å². The molecular formula is C23H22O5. The van der Waals surface area contributed by atoms with Crippen LogP contribution in [0.3, 0.4) is 0 Å². The first-order chi connectivity index (χ1) is 13.3. The fraction of sp³-hybridized carbons (Fsp3) is 0.217. The fourth-order valence-corrected chi connectivity index (χ4v) is 3.11. The number of hydrogen-bond donors (Lipinski definition) is 1. The van der Waals surface area contributed by atoms with E-state index in [1.165, 1.54) is 6.08 Å². The van der Waals surface area contributed by atoms with Crippen molar-refractivity contribution in [2.24, 2.45) is 0 Å². The van der Waals surface area contributed by atoms with E-state index in [4.69, 9.17) is 9.15 Å². The van der Waals surface area contributed by atoms with E-state index in [1.54, 1.807) is 44.4 Å². The number of benzene rings is 2. The van der Waals surface area contributed by atoms with Crippen LogP contribution in [0.25, 0.3) is 17.0 Å². The molecule has 1 aromatic heterocycles. The third kappa shape index (κ3) is 3.56. The van der Waals surface area contributed by atoms with E-state index in [0.29, 0.717) is 16.7 Å². The van der Waals surface area contributed by atoms with Crippen molar-refractivity contribution in [3.8, 4) is 11.5 Å². The lowest BCUT2D eigenvalue weighted by Gasteiger charge is -2.12. The Hall–Kier alpha value is -3.34. The second-order valence-corrected chi connectivity index (χ2v) is 6.91. The minimum Gasteiger partial charge on any atom is -0.506 e. The minimum atomic E-state index is -0.845. The third-order valence-electron chi connectivity index (χ3n) is 4.68. The average molecular weight is 378 g/mol. The predicted molar refractivity (Wildman–Crippen MR) is 109 cm³/mol. The summed E-state index contributed by atoms with van der Waals surface area (Å²) in [6, 6.07) is 10.8. The molecule has 1 heterocycles. The summed E-state index contributed by atoms with van der Waals surface area (Å²) in [6.07, 6.45) is 2.82. The van der Waals surface area contributed by atoms with Crippen LogP contribution in [-0.2, 0) is 0 Å². The number of aromatic hydroxyl groups is 1. The van der Waals surface area contributed by atoms with Gasteiger partial charge in [-0.05, 0) is 47.7 Å². The van der Waals surface area contributed by atoms with Gasteiger partial charge in [0.15, 0.2) is 5.78 Å². The van der Waals surface area contributed by atoms with E-state index < -0.39 is 11.4 Å². The SMILES string of the molecule is COc1ccc(/C=C/C(=O)c2c(O)c3c(C)ccc(C(C)C)c3oc2=O)cc1. The van der Waals surface area contributed by atoms with Crippen molar-refractivity contribution in [1.82, 2.24) is 0 Å². The van der Waals surface area contributed by atoms with Crippen LogP contribution >= 0.6 is 0 Å². The molecule has 5 nitrogen and oxygen atoms in total. The third-order valence-corrected chi connectivity index (χ3v) is 4.68. The van der Waals surface area contributed by atoms with Gasteiger partial charge in [-0.25, -0.2) is 4.79 Å². The predicted octanol–water partition coefficient (Wildman–Crippen LogP) is 4.84. The fourth-order valence-electron chi connectivity index (χ4n) is 3.11. The van der Waals surface area contributed by atoms with E-state index >= 15 is 0 Å². The highest BCUT2D eigenvalue weighted by Crippen LogP contribution is 2.34. The van der Waals surface area contributed by atoms with E-state index in [0.717, 1.165) is 16.7 Å². The number of methoxy groups -OCH3 is 1. The van der Waals surface area contributed by atoms with Crippen LogP contribution in [0.15, 0.2) is 51.7 Å². The van der Waals surface area contributed by atoms with Crippen LogP contribution in [0, 0.1) is 6.92 Å². The van der Waals surface area contributed by atoms with Gasteiger partial charge in [0.25, 0.3) is 0 Å². The molecule has 0 bridgehead atoms. The molecule has 0 fully saturated rings. The Balaban J connectivity index is 2.07. The Labute approximate surface area is 162 Å². The number of aryl methyl sites for hydroxylation is 1. The van der Waals surface area contributed by atoms with Gasteiger partial charge in [-0.15, -0.1) is 0 Å². The molecule has 0 aliphatic carbocycles. The van der Waals surface area contributed by atoms with Gasteiger partial charge in [-0.2, -0.15) is 0 Å². The summed E-state index contributed by atoms with van der Waals surface area (Å²) in [6.45, 7) is 5.74. The highest BCUT2D eigenvalue weighted by atomic mass is 16.5. The van der Waals surface area contributed by atoms with Crippen LogP contribution < -0.4 is 10.4 Å². The maximum Gasteiger partial charge on any atom is 0.351 e. The Morgan fingerprint density at radius 2 is 1.82 bits per heavy atom. The molecule has 5 heteroatoms. The number of carbonyl (C=O) groups is 1. The lowest BCUT2D eigenvalue weighted by molar-refractivity contribution is 0.104. The number of allylic oxidation sites excluding steroid dienone is 1. The Kier molecular flexibility index (Phi) is 5.36. The van der Waals surface area contributed by atoms with Gasteiger partial charge in [-0.3, -0.25) is 4.79 Å². The molecule has 1 N–H and O–H groups in total. The van der Waals surface area contributed by atoms with E-state index in [1.807, 2.05) is 26.0 Å². The summed E-state index contributed by atoms with van der Waals surface area (Å²) >= 11 is 0. The summed E-state index contributed by atoms with van der Waals surface area (Å²) in [5.74, 6) is -0.149. The largest absolute Gasteiger partial charge is 0.506 e. The summed E-state index contributed by atoms with van der Waals surface area (Å²) in [5.41, 5.74) is 1.42. The molecule has 0 radical (unpaired) electrons. The maximum atomic E-state index is 12.6. The first kappa shape index (κ1) is 19.4. The van der Waals surface area contributed by atoms with Crippen LogP contribution in [-0.4, -0.2) is 18.0 Å². The molecule has 3 rings (SSSR count). The van der Waals surface area contributed by atoms with Gasteiger partial charge in [0, 0.05) is 0 Å². The van der Waals surface area contributed by atoms with Gasteiger partial charge in [0.2, 0.25) is 0 Å². The van der Waals surface area contributed by atoms with Crippen molar-refractivity contribution in [2.75, 3.05) is 7.11 Å². The van der Waals surface area contributed by atoms with Crippen LogP contribution in [0.2, 0.25) is 0 Å². The Bertz CT molecular complexity index is 1120. The number of fused-ring (bicyclic) bond motifs is 1.